The number of nitro groups is 1. The van der Waals surface area contributed by atoms with Crippen LogP contribution >= 0.6 is 23.2 Å². The standard InChI is InChI=1S/C22H14Cl2FN3O4/c23-17-7-2-1-6-16(17)21(29)27-20(11-13-4-3-5-15(10-13)28(31)32)22(30)26-14-8-9-19(25)18(24)12-14/h1-12H,(H,26,30)(H,27,29)/b20-11+. The predicted octanol–water partition coefficient (Wildman–Crippen LogP) is 5.45. The van der Waals surface area contributed by atoms with Gasteiger partial charge in [-0.05, 0) is 42.0 Å². The summed E-state index contributed by atoms with van der Waals surface area (Å²) in [6.07, 6.45) is 1.27. The molecule has 2 N–H and O–H groups in total. The summed E-state index contributed by atoms with van der Waals surface area (Å²) in [5.41, 5.74) is 0.174. The number of nitro benzene ring substituents is 1. The molecule has 0 bridgehead atoms. The van der Waals surface area contributed by atoms with Gasteiger partial charge >= 0.3 is 0 Å². The summed E-state index contributed by atoms with van der Waals surface area (Å²) in [4.78, 5) is 36.1. The molecule has 3 aromatic carbocycles. The molecule has 162 valence electrons. The van der Waals surface area contributed by atoms with Crippen LogP contribution in [0.5, 0.6) is 0 Å². The van der Waals surface area contributed by atoms with Crippen molar-refractivity contribution in [1.82, 2.24) is 5.32 Å². The van der Waals surface area contributed by atoms with Crippen molar-refractivity contribution in [3.8, 4) is 0 Å². The van der Waals surface area contributed by atoms with E-state index in [1.54, 1.807) is 12.1 Å². The van der Waals surface area contributed by atoms with Gasteiger partial charge in [0.2, 0.25) is 0 Å². The fraction of sp³-hybridized carbons (Fsp3) is 0. The molecule has 7 nitrogen and oxygen atoms in total. The number of rotatable bonds is 6. The van der Waals surface area contributed by atoms with Crippen molar-refractivity contribution in [2.24, 2.45) is 0 Å². The first-order valence-corrected chi connectivity index (χ1v) is 9.78. The molecule has 0 spiro atoms. The number of carbonyl (C=O) groups is 2. The molecule has 0 aliphatic heterocycles. The van der Waals surface area contributed by atoms with E-state index in [2.05, 4.69) is 10.6 Å². The van der Waals surface area contributed by atoms with E-state index in [1.165, 1.54) is 54.6 Å². The Balaban J connectivity index is 1.96. The van der Waals surface area contributed by atoms with E-state index in [0.717, 1.165) is 6.07 Å². The zero-order valence-electron chi connectivity index (χ0n) is 16.1. The Hall–Kier alpha value is -3.75. The first-order valence-electron chi connectivity index (χ1n) is 9.03. The van der Waals surface area contributed by atoms with Crippen LogP contribution in [-0.4, -0.2) is 16.7 Å². The van der Waals surface area contributed by atoms with E-state index in [9.17, 15) is 24.1 Å². The first-order chi connectivity index (χ1) is 15.2. The normalized spacial score (nSPS) is 11.0. The van der Waals surface area contributed by atoms with Crippen LogP contribution in [0.1, 0.15) is 15.9 Å². The number of anilines is 1. The molecule has 0 unspecified atom stereocenters. The number of hydrogen-bond acceptors (Lipinski definition) is 4. The highest BCUT2D eigenvalue weighted by Gasteiger charge is 2.18. The molecule has 0 saturated carbocycles. The Labute approximate surface area is 191 Å². The second-order valence-corrected chi connectivity index (χ2v) is 7.24. The fourth-order valence-corrected chi connectivity index (χ4v) is 3.06. The quantitative estimate of drug-likeness (QED) is 0.282. The van der Waals surface area contributed by atoms with Crippen molar-refractivity contribution in [3.05, 3.63) is 110 Å². The van der Waals surface area contributed by atoms with Crippen molar-refractivity contribution < 1.29 is 18.9 Å². The summed E-state index contributed by atoms with van der Waals surface area (Å²) in [5.74, 6) is -2.09. The molecule has 3 rings (SSSR count). The highest BCUT2D eigenvalue weighted by atomic mass is 35.5. The van der Waals surface area contributed by atoms with Crippen LogP contribution in [0.15, 0.2) is 72.4 Å². The van der Waals surface area contributed by atoms with Gasteiger partial charge in [0, 0.05) is 17.8 Å². The van der Waals surface area contributed by atoms with Gasteiger partial charge in [0.1, 0.15) is 11.5 Å². The third kappa shape index (κ3) is 5.69. The van der Waals surface area contributed by atoms with E-state index in [-0.39, 0.29) is 32.7 Å². The molecule has 0 aromatic heterocycles. The fourth-order valence-electron chi connectivity index (χ4n) is 2.66. The van der Waals surface area contributed by atoms with Gasteiger partial charge in [-0.1, -0.05) is 47.5 Å². The number of nitrogens with one attached hydrogen (secondary N) is 2. The average molecular weight is 474 g/mol. The van der Waals surface area contributed by atoms with Gasteiger partial charge in [-0.2, -0.15) is 0 Å². The average Bonchev–Trinajstić information content (AvgIpc) is 2.76. The molecular formula is C22H14Cl2FN3O4. The number of halogens is 3. The zero-order chi connectivity index (χ0) is 23.3. The maximum atomic E-state index is 13.4. The van der Waals surface area contributed by atoms with Crippen LogP contribution in [0.3, 0.4) is 0 Å². The largest absolute Gasteiger partial charge is 0.321 e. The molecule has 0 fully saturated rings. The predicted molar refractivity (Wildman–Crippen MR) is 120 cm³/mol. The first kappa shape index (κ1) is 22.9. The summed E-state index contributed by atoms with van der Waals surface area (Å²) in [6, 6.07) is 15.3. The molecular weight excluding hydrogens is 460 g/mol. The second-order valence-electron chi connectivity index (χ2n) is 6.43. The van der Waals surface area contributed by atoms with Crippen LogP contribution in [-0.2, 0) is 4.79 Å². The molecule has 10 heteroatoms. The molecule has 0 saturated heterocycles. The van der Waals surface area contributed by atoms with Crippen LogP contribution in [0.4, 0.5) is 15.8 Å². The second kappa shape index (κ2) is 10.0. The van der Waals surface area contributed by atoms with Crippen molar-refractivity contribution >= 4 is 52.5 Å². The summed E-state index contributed by atoms with van der Waals surface area (Å²) in [6.45, 7) is 0. The molecule has 0 heterocycles. The number of benzene rings is 3. The molecule has 32 heavy (non-hydrogen) atoms. The van der Waals surface area contributed by atoms with Crippen molar-refractivity contribution in [2.75, 3.05) is 5.32 Å². The lowest BCUT2D eigenvalue weighted by Crippen LogP contribution is -2.31. The third-order valence-electron chi connectivity index (χ3n) is 4.18. The number of hydrogen-bond donors (Lipinski definition) is 2. The molecule has 0 aliphatic rings. The summed E-state index contributed by atoms with van der Waals surface area (Å²) >= 11 is 11.8. The lowest BCUT2D eigenvalue weighted by molar-refractivity contribution is -0.384. The van der Waals surface area contributed by atoms with Gasteiger partial charge in [0.25, 0.3) is 17.5 Å². The van der Waals surface area contributed by atoms with Crippen molar-refractivity contribution in [1.29, 1.82) is 0 Å². The molecule has 0 aliphatic carbocycles. The van der Waals surface area contributed by atoms with Gasteiger partial charge in [-0.3, -0.25) is 19.7 Å². The summed E-state index contributed by atoms with van der Waals surface area (Å²) < 4.78 is 13.4. The monoisotopic (exact) mass is 473 g/mol. The minimum atomic E-state index is -0.764. The van der Waals surface area contributed by atoms with Gasteiger partial charge in [0.15, 0.2) is 0 Å². The highest BCUT2D eigenvalue weighted by molar-refractivity contribution is 6.34. The lowest BCUT2D eigenvalue weighted by atomic mass is 10.1. The van der Waals surface area contributed by atoms with Crippen molar-refractivity contribution in [3.63, 3.8) is 0 Å². The Morgan fingerprint density at radius 2 is 1.72 bits per heavy atom. The maximum Gasteiger partial charge on any atom is 0.272 e. The van der Waals surface area contributed by atoms with Gasteiger partial charge < -0.3 is 10.6 Å². The molecule has 2 amide bonds. The highest BCUT2D eigenvalue weighted by Crippen LogP contribution is 2.21. The van der Waals surface area contributed by atoms with E-state index in [1.807, 2.05) is 0 Å². The Morgan fingerprint density at radius 3 is 2.41 bits per heavy atom. The topological polar surface area (TPSA) is 101 Å². The van der Waals surface area contributed by atoms with Crippen LogP contribution in [0, 0.1) is 15.9 Å². The number of carbonyl (C=O) groups excluding carboxylic acids is 2. The van der Waals surface area contributed by atoms with Gasteiger partial charge in [-0.15, -0.1) is 0 Å². The third-order valence-corrected chi connectivity index (χ3v) is 4.80. The molecule has 0 radical (unpaired) electrons. The van der Waals surface area contributed by atoms with Crippen LogP contribution in [0.25, 0.3) is 6.08 Å². The zero-order valence-corrected chi connectivity index (χ0v) is 17.7. The van der Waals surface area contributed by atoms with E-state index in [0.29, 0.717) is 5.56 Å². The van der Waals surface area contributed by atoms with E-state index < -0.39 is 22.6 Å². The smallest absolute Gasteiger partial charge is 0.272 e. The minimum absolute atomic E-state index is 0.122. The minimum Gasteiger partial charge on any atom is -0.321 e. The van der Waals surface area contributed by atoms with Gasteiger partial charge in [-0.25, -0.2) is 4.39 Å². The number of amides is 2. The van der Waals surface area contributed by atoms with E-state index >= 15 is 0 Å². The number of non-ortho nitro benzene ring substituents is 1. The Morgan fingerprint density at radius 1 is 0.969 bits per heavy atom. The Kier molecular flexibility index (Phi) is 7.19. The van der Waals surface area contributed by atoms with Gasteiger partial charge in [0.05, 0.1) is 20.5 Å². The lowest BCUT2D eigenvalue weighted by Gasteiger charge is -2.12. The van der Waals surface area contributed by atoms with Crippen LogP contribution in [0.2, 0.25) is 10.0 Å². The van der Waals surface area contributed by atoms with Crippen molar-refractivity contribution in [2.45, 2.75) is 0 Å². The Bertz CT molecular complexity index is 1250. The molecule has 0 atom stereocenters. The molecule has 3 aromatic rings. The summed E-state index contributed by atoms with van der Waals surface area (Å²) in [5, 5.41) is 16.0. The van der Waals surface area contributed by atoms with Crippen LogP contribution < -0.4 is 10.6 Å². The maximum absolute atomic E-state index is 13.4. The SMILES string of the molecule is O=C(Nc1ccc(F)c(Cl)c1)/C(=C\c1cccc([N+](=O)[O-])c1)NC(=O)c1ccccc1Cl. The van der Waals surface area contributed by atoms with E-state index in [4.69, 9.17) is 23.2 Å². The number of nitrogens with zero attached hydrogens (tertiary/aromatic N) is 1. The summed E-state index contributed by atoms with van der Waals surface area (Å²) in [7, 11) is 0.